The number of hydrogen-bond acceptors (Lipinski definition) is 5. The van der Waals surface area contributed by atoms with E-state index in [1.165, 1.54) is 11.1 Å². The molecule has 0 saturated carbocycles. The molecule has 2 N–H and O–H groups in total. The minimum Gasteiger partial charge on any atom is -0.452 e. The van der Waals surface area contributed by atoms with Crippen LogP contribution in [0, 0.1) is 6.92 Å². The molecule has 7 nitrogen and oxygen atoms in total. The molecule has 194 valence electrons. The number of amides is 1. The Morgan fingerprint density at radius 2 is 2.03 bits per heavy atom. The number of nitrogens with zero attached hydrogens (tertiary/aromatic N) is 3. The Morgan fingerprint density at radius 3 is 2.69 bits per heavy atom. The molecule has 0 fully saturated rings. The normalized spacial score (nSPS) is 16.2. The number of imidazole rings is 1. The van der Waals surface area contributed by atoms with Gasteiger partial charge in [-0.15, -0.1) is 0 Å². The second-order valence-electron chi connectivity index (χ2n) is 9.77. The number of nitrogens with one attached hydrogen (secondary N) is 1. The second-order valence-corrected chi connectivity index (χ2v) is 11.0. The lowest BCUT2D eigenvalue weighted by atomic mass is 10.0. The Balaban J connectivity index is 0.000000270. The maximum absolute atomic E-state index is 13.0. The fourth-order valence-corrected chi connectivity index (χ4v) is 4.46. The van der Waals surface area contributed by atoms with Gasteiger partial charge in [-0.05, 0) is 71.1 Å². The molecule has 0 aliphatic carbocycles. The van der Waals surface area contributed by atoms with Crippen LogP contribution < -0.4 is 0 Å². The van der Waals surface area contributed by atoms with Crippen LogP contribution in [-0.2, 0) is 28.9 Å². The smallest absolute Gasteiger partial charge is 0.290 e. The average Bonchev–Trinajstić information content (AvgIpc) is 3.31. The molecule has 0 saturated heterocycles. The van der Waals surface area contributed by atoms with Gasteiger partial charge < -0.3 is 19.7 Å². The van der Waals surface area contributed by atoms with Gasteiger partial charge >= 0.3 is 0 Å². The number of carbonyl (C=O) groups is 1. The number of carbonyl (C=O) groups excluding carboxylic acids is 1. The lowest BCUT2D eigenvalue weighted by Gasteiger charge is -2.30. The molecule has 8 heteroatoms. The molecular formula is C28H37BrN4O3. The van der Waals surface area contributed by atoms with Gasteiger partial charge in [-0.3, -0.25) is 9.79 Å². The molecule has 0 atom stereocenters. The highest BCUT2D eigenvalue weighted by Crippen LogP contribution is 2.29. The van der Waals surface area contributed by atoms with Gasteiger partial charge in [0.15, 0.2) is 0 Å². The molecule has 1 aromatic heterocycles. The number of hydrogen-bond donors (Lipinski definition) is 2. The van der Waals surface area contributed by atoms with E-state index in [1.807, 2.05) is 20.1 Å². The number of aliphatic imine (C=N–C) groups is 1. The number of H-pyrrole nitrogens is 1. The number of ether oxygens (including phenoxy) is 1. The van der Waals surface area contributed by atoms with E-state index >= 15 is 0 Å². The van der Waals surface area contributed by atoms with Crippen molar-refractivity contribution in [2.24, 2.45) is 4.99 Å². The SMILES string of the molecule is CC/C(C)=C(\O/C(C(=O)N1CCc2nc[nH]c2C1)=C(\C)Br)C(C)(C)O.Cc1ccc2c(c1)CCC=N2. The van der Waals surface area contributed by atoms with Crippen molar-refractivity contribution in [2.45, 2.75) is 79.4 Å². The molecule has 0 bridgehead atoms. The fraction of sp³-hybridized carbons (Fsp3) is 0.464. The van der Waals surface area contributed by atoms with Crippen molar-refractivity contribution in [1.82, 2.24) is 14.9 Å². The summed E-state index contributed by atoms with van der Waals surface area (Å²) in [6.45, 7) is 12.1. The number of allylic oxidation sites excluding steroid dienone is 2. The van der Waals surface area contributed by atoms with Crippen molar-refractivity contribution in [1.29, 1.82) is 0 Å². The first-order valence-electron chi connectivity index (χ1n) is 12.4. The quantitative estimate of drug-likeness (QED) is 0.347. The van der Waals surface area contributed by atoms with Crippen LogP contribution >= 0.6 is 15.9 Å². The van der Waals surface area contributed by atoms with E-state index < -0.39 is 5.60 Å². The molecule has 2 aliphatic rings. The van der Waals surface area contributed by atoms with E-state index in [2.05, 4.69) is 56.0 Å². The molecule has 2 aromatic rings. The third-order valence-corrected chi connectivity index (χ3v) is 6.62. The van der Waals surface area contributed by atoms with Crippen molar-refractivity contribution in [3.8, 4) is 0 Å². The zero-order valence-corrected chi connectivity index (χ0v) is 23.7. The molecule has 4 rings (SSSR count). The van der Waals surface area contributed by atoms with E-state index in [0.29, 0.717) is 29.8 Å². The first-order chi connectivity index (χ1) is 17.0. The minimum atomic E-state index is -1.17. The Morgan fingerprint density at radius 1 is 1.28 bits per heavy atom. The predicted molar refractivity (Wildman–Crippen MR) is 147 cm³/mol. The van der Waals surface area contributed by atoms with Crippen LogP contribution in [0.15, 0.2) is 51.1 Å². The van der Waals surface area contributed by atoms with Crippen LogP contribution in [0.3, 0.4) is 0 Å². The number of fused-ring (bicyclic) bond motifs is 2. The first-order valence-corrected chi connectivity index (χ1v) is 13.2. The summed E-state index contributed by atoms with van der Waals surface area (Å²) in [5.41, 5.74) is 5.57. The Labute approximate surface area is 222 Å². The lowest BCUT2D eigenvalue weighted by molar-refractivity contribution is -0.131. The zero-order valence-electron chi connectivity index (χ0n) is 22.1. The summed E-state index contributed by atoms with van der Waals surface area (Å²) >= 11 is 3.38. The van der Waals surface area contributed by atoms with Crippen LogP contribution in [0.4, 0.5) is 5.69 Å². The third kappa shape index (κ3) is 6.95. The zero-order chi connectivity index (χ0) is 26.5. The number of aromatic amines is 1. The summed E-state index contributed by atoms with van der Waals surface area (Å²) < 4.78 is 6.55. The highest BCUT2D eigenvalue weighted by molar-refractivity contribution is 9.11. The van der Waals surface area contributed by atoms with Gasteiger partial charge in [0.05, 0.1) is 29.9 Å². The van der Waals surface area contributed by atoms with Crippen molar-refractivity contribution in [2.75, 3.05) is 6.54 Å². The number of benzene rings is 1. The molecule has 0 unspecified atom stereocenters. The highest BCUT2D eigenvalue weighted by Gasteiger charge is 2.31. The van der Waals surface area contributed by atoms with Gasteiger partial charge in [0.2, 0.25) is 5.76 Å². The van der Waals surface area contributed by atoms with E-state index in [1.54, 1.807) is 32.0 Å². The Hall–Kier alpha value is -2.71. The summed E-state index contributed by atoms with van der Waals surface area (Å²) in [6.07, 6.45) is 7.33. The van der Waals surface area contributed by atoms with Crippen LogP contribution in [0.2, 0.25) is 0 Å². The van der Waals surface area contributed by atoms with Crippen molar-refractivity contribution in [3.63, 3.8) is 0 Å². The van der Waals surface area contributed by atoms with Crippen molar-refractivity contribution >= 4 is 33.7 Å². The molecule has 2 aliphatic heterocycles. The van der Waals surface area contributed by atoms with E-state index in [4.69, 9.17) is 4.74 Å². The van der Waals surface area contributed by atoms with Crippen LogP contribution in [-0.4, -0.2) is 44.2 Å². The maximum Gasteiger partial charge on any atom is 0.290 e. The number of rotatable bonds is 5. The highest BCUT2D eigenvalue weighted by atomic mass is 79.9. The first kappa shape index (κ1) is 27.9. The largest absolute Gasteiger partial charge is 0.452 e. The van der Waals surface area contributed by atoms with Gasteiger partial charge in [-0.1, -0.05) is 40.5 Å². The van der Waals surface area contributed by atoms with Crippen molar-refractivity contribution < 1.29 is 14.6 Å². The second kappa shape index (κ2) is 12.0. The molecule has 3 heterocycles. The number of aryl methyl sites for hydroxylation is 2. The van der Waals surface area contributed by atoms with Crippen LogP contribution in [0.5, 0.6) is 0 Å². The summed E-state index contributed by atoms with van der Waals surface area (Å²) in [5.74, 6) is 0.407. The van der Waals surface area contributed by atoms with E-state index in [0.717, 1.165) is 41.9 Å². The Kier molecular flexibility index (Phi) is 9.30. The van der Waals surface area contributed by atoms with Crippen LogP contribution in [0.1, 0.15) is 70.0 Å². The van der Waals surface area contributed by atoms with Gasteiger partial charge in [0.1, 0.15) is 11.4 Å². The molecule has 36 heavy (non-hydrogen) atoms. The number of halogens is 1. The minimum absolute atomic E-state index is 0.202. The molecule has 1 aromatic carbocycles. The summed E-state index contributed by atoms with van der Waals surface area (Å²) in [6, 6.07) is 6.44. The maximum atomic E-state index is 13.0. The monoisotopic (exact) mass is 556 g/mol. The average molecular weight is 558 g/mol. The van der Waals surface area contributed by atoms with E-state index in [9.17, 15) is 9.90 Å². The Bertz CT molecular complexity index is 1180. The molecule has 1 amide bonds. The number of aromatic nitrogens is 2. The molecular weight excluding hydrogens is 520 g/mol. The standard InChI is InChI=1S/C18H26BrN3O3.C10H11N/c1-6-11(2)16(18(4,5)24)25-15(12(3)19)17(23)22-8-7-13-14(9-22)21-10-20-13;1-8-4-5-10-9(7-8)3-2-6-11-10/h10,24H,6-9H2,1-5H3,(H,20,21);4-7H,2-3H2,1H3/b15-12+,16-11-;. The number of aliphatic hydroxyl groups is 1. The van der Waals surface area contributed by atoms with Crippen LogP contribution in [0.25, 0.3) is 0 Å². The van der Waals surface area contributed by atoms with Gasteiger partial charge in [-0.2, -0.15) is 0 Å². The van der Waals surface area contributed by atoms with E-state index in [-0.39, 0.29) is 11.7 Å². The van der Waals surface area contributed by atoms with Crippen molar-refractivity contribution in [3.05, 3.63) is 68.6 Å². The molecule has 0 radical (unpaired) electrons. The predicted octanol–water partition coefficient (Wildman–Crippen LogP) is 6.04. The van der Waals surface area contributed by atoms with Gasteiger partial charge in [-0.25, -0.2) is 4.98 Å². The third-order valence-electron chi connectivity index (χ3n) is 6.26. The lowest BCUT2D eigenvalue weighted by Crippen LogP contribution is -2.38. The summed E-state index contributed by atoms with van der Waals surface area (Å²) in [5, 5.41) is 10.4. The topological polar surface area (TPSA) is 90.8 Å². The van der Waals surface area contributed by atoms with Gasteiger partial charge in [0, 0.05) is 23.7 Å². The fourth-order valence-electron chi connectivity index (χ4n) is 4.21. The summed E-state index contributed by atoms with van der Waals surface area (Å²) in [7, 11) is 0. The van der Waals surface area contributed by atoms with Gasteiger partial charge in [0.25, 0.3) is 5.91 Å². The summed E-state index contributed by atoms with van der Waals surface area (Å²) in [4.78, 5) is 26.4. The molecule has 0 spiro atoms.